The maximum absolute atomic E-state index is 5.34. The first-order valence-electron chi connectivity index (χ1n) is 5.65. The Balaban J connectivity index is 1.82. The number of thiophene rings is 2. The third-order valence-corrected chi connectivity index (χ3v) is 5.26. The number of aryl methyl sites for hydroxylation is 1. The Hall–Kier alpha value is -0.680. The van der Waals surface area contributed by atoms with E-state index in [2.05, 4.69) is 31.2 Å². The van der Waals surface area contributed by atoms with E-state index in [9.17, 15) is 0 Å². The second kappa shape index (κ2) is 4.90. The van der Waals surface area contributed by atoms with Crippen LogP contribution in [0.4, 0.5) is 0 Å². The van der Waals surface area contributed by atoms with Gasteiger partial charge in [0.05, 0.1) is 13.2 Å². The highest BCUT2D eigenvalue weighted by atomic mass is 32.1. The summed E-state index contributed by atoms with van der Waals surface area (Å²) in [4.78, 5) is 5.44. The molecule has 1 aliphatic rings. The average molecular weight is 266 g/mol. The quantitative estimate of drug-likeness (QED) is 0.821. The average Bonchev–Trinajstić information content (AvgIpc) is 2.98. The smallest absolute Gasteiger partial charge is 0.146 e. The van der Waals surface area contributed by atoms with Crippen molar-refractivity contribution in [2.45, 2.75) is 12.8 Å². The minimum absolute atomic E-state index is 0.406. The zero-order valence-corrected chi connectivity index (χ0v) is 11.3. The van der Waals surface area contributed by atoms with Gasteiger partial charge in [-0.25, -0.2) is 0 Å². The van der Waals surface area contributed by atoms with Gasteiger partial charge in [-0.15, -0.1) is 22.7 Å². The first kappa shape index (κ1) is 11.4. The summed E-state index contributed by atoms with van der Waals surface area (Å²) in [7, 11) is 0. The van der Waals surface area contributed by atoms with Crippen LogP contribution in [0.25, 0.3) is 9.75 Å². The summed E-state index contributed by atoms with van der Waals surface area (Å²) in [5.41, 5.74) is 0. The van der Waals surface area contributed by atoms with Gasteiger partial charge in [0.15, 0.2) is 0 Å². The molecule has 1 aliphatic heterocycles. The number of ether oxygens (including phenoxy) is 2. The molecule has 17 heavy (non-hydrogen) atoms. The van der Waals surface area contributed by atoms with Crippen LogP contribution < -0.4 is 0 Å². The molecule has 0 unspecified atom stereocenters. The Bertz CT molecular complexity index is 495. The first-order valence-corrected chi connectivity index (χ1v) is 7.28. The maximum atomic E-state index is 5.34. The van der Waals surface area contributed by atoms with Gasteiger partial charge in [-0.05, 0) is 31.2 Å². The maximum Gasteiger partial charge on any atom is 0.146 e. The molecular formula is C13H14O2S2. The number of hydrogen-bond donors (Lipinski definition) is 0. The summed E-state index contributed by atoms with van der Waals surface area (Å²) in [5.74, 6) is 0.406. The van der Waals surface area contributed by atoms with Gasteiger partial charge in [-0.2, -0.15) is 0 Å². The topological polar surface area (TPSA) is 18.5 Å². The number of hydrogen-bond acceptors (Lipinski definition) is 4. The standard InChI is InChI=1S/C13H14O2S2/c1-9-2-3-12(16-9)13-5-4-11(17-13)10-6-14-8-15-7-10/h2-5,10H,6-8H2,1H3. The van der Waals surface area contributed by atoms with Crippen molar-refractivity contribution >= 4 is 22.7 Å². The van der Waals surface area contributed by atoms with Crippen LogP contribution >= 0.6 is 22.7 Å². The molecule has 3 heterocycles. The zero-order chi connectivity index (χ0) is 11.7. The van der Waals surface area contributed by atoms with E-state index in [-0.39, 0.29) is 0 Å². The van der Waals surface area contributed by atoms with E-state index in [4.69, 9.17) is 9.47 Å². The molecule has 0 bridgehead atoms. The van der Waals surface area contributed by atoms with Crippen LogP contribution in [0.3, 0.4) is 0 Å². The van der Waals surface area contributed by atoms with Crippen molar-refractivity contribution in [3.8, 4) is 9.75 Å². The lowest BCUT2D eigenvalue weighted by molar-refractivity contribution is -0.107. The Morgan fingerprint density at radius 3 is 2.41 bits per heavy atom. The molecule has 0 amide bonds. The van der Waals surface area contributed by atoms with Gasteiger partial charge in [-0.1, -0.05) is 0 Å². The van der Waals surface area contributed by atoms with E-state index in [1.165, 1.54) is 19.5 Å². The predicted octanol–water partition coefficient (Wildman–Crippen LogP) is 3.87. The minimum atomic E-state index is 0.406. The summed E-state index contributed by atoms with van der Waals surface area (Å²) in [6, 6.07) is 8.79. The highest BCUT2D eigenvalue weighted by Gasteiger charge is 2.18. The van der Waals surface area contributed by atoms with Gasteiger partial charge in [0, 0.05) is 25.4 Å². The summed E-state index contributed by atoms with van der Waals surface area (Å²) < 4.78 is 10.7. The third kappa shape index (κ3) is 2.45. The molecule has 0 aromatic carbocycles. The first-order chi connectivity index (χ1) is 8.33. The monoisotopic (exact) mass is 266 g/mol. The van der Waals surface area contributed by atoms with Gasteiger partial charge >= 0.3 is 0 Å². The molecule has 0 spiro atoms. The Morgan fingerprint density at radius 1 is 1.00 bits per heavy atom. The van der Waals surface area contributed by atoms with E-state index in [0.29, 0.717) is 12.7 Å². The molecule has 1 fully saturated rings. The molecule has 2 aromatic rings. The molecule has 90 valence electrons. The highest BCUT2D eigenvalue weighted by molar-refractivity contribution is 7.22. The summed E-state index contributed by atoms with van der Waals surface area (Å²) in [6.45, 7) is 4.15. The van der Waals surface area contributed by atoms with Crippen molar-refractivity contribution in [1.82, 2.24) is 0 Å². The van der Waals surface area contributed by atoms with E-state index in [0.717, 1.165) is 13.2 Å². The van der Waals surface area contributed by atoms with Gasteiger partial charge in [0.25, 0.3) is 0 Å². The largest absolute Gasteiger partial charge is 0.355 e. The fourth-order valence-electron chi connectivity index (χ4n) is 1.92. The minimum Gasteiger partial charge on any atom is -0.355 e. The molecule has 2 nitrogen and oxygen atoms in total. The van der Waals surface area contributed by atoms with Crippen LogP contribution in [0, 0.1) is 6.92 Å². The molecule has 0 atom stereocenters. The van der Waals surface area contributed by atoms with Crippen LogP contribution in [0.1, 0.15) is 15.7 Å². The van der Waals surface area contributed by atoms with Gasteiger partial charge in [0.2, 0.25) is 0 Å². The fourth-order valence-corrected chi connectivity index (χ4v) is 3.96. The van der Waals surface area contributed by atoms with Crippen molar-refractivity contribution < 1.29 is 9.47 Å². The van der Waals surface area contributed by atoms with Crippen LogP contribution in [0.5, 0.6) is 0 Å². The van der Waals surface area contributed by atoms with Gasteiger partial charge < -0.3 is 9.47 Å². The van der Waals surface area contributed by atoms with Crippen molar-refractivity contribution in [3.05, 3.63) is 34.0 Å². The summed E-state index contributed by atoms with van der Waals surface area (Å²) in [6.07, 6.45) is 0. The number of rotatable bonds is 2. The second-order valence-corrected chi connectivity index (χ2v) is 6.57. The van der Waals surface area contributed by atoms with E-state index in [1.807, 2.05) is 22.7 Å². The fraction of sp³-hybridized carbons (Fsp3) is 0.385. The molecule has 0 aliphatic carbocycles. The molecule has 2 aromatic heterocycles. The lowest BCUT2D eigenvalue weighted by Crippen LogP contribution is -2.21. The van der Waals surface area contributed by atoms with E-state index in [1.54, 1.807) is 0 Å². The summed E-state index contributed by atoms with van der Waals surface area (Å²) in [5, 5.41) is 0. The third-order valence-electron chi connectivity index (χ3n) is 2.82. The molecule has 3 rings (SSSR count). The molecule has 4 heteroatoms. The van der Waals surface area contributed by atoms with Gasteiger partial charge in [-0.3, -0.25) is 0 Å². The molecule has 0 saturated carbocycles. The van der Waals surface area contributed by atoms with Crippen molar-refractivity contribution in [2.75, 3.05) is 20.0 Å². The van der Waals surface area contributed by atoms with Crippen LogP contribution in [0.2, 0.25) is 0 Å². The highest BCUT2D eigenvalue weighted by Crippen LogP contribution is 2.36. The Morgan fingerprint density at radius 2 is 1.71 bits per heavy atom. The zero-order valence-electron chi connectivity index (χ0n) is 9.64. The predicted molar refractivity (Wildman–Crippen MR) is 71.9 cm³/mol. The normalized spacial score (nSPS) is 17.5. The molecule has 1 saturated heterocycles. The van der Waals surface area contributed by atoms with Gasteiger partial charge in [0.1, 0.15) is 6.79 Å². The Labute approximate surface area is 109 Å². The van der Waals surface area contributed by atoms with Crippen LogP contribution in [0.15, 0.2) is 24.3 Å². The lowest BCUT2D eigenvalue weighted by Gasteiger charge is -2.20. The Kier molecular flexibility index (Phi) is 3.29. The van der Waals surface area contributed by atoms with Crippen molar-refractivity contribution in [1.29, 1.82) is 0 Å². The summed E-state index contributed by atoms with van der Waals surface area (Å²) >= 11 is 3.70. The molecular weight excluding hydrogens is 252 g/mol. The van der Waals surface area contributed by atoms with E-state index < -0.39 is 0 Å². The van der Waals surface area contributed by atoms with Crippen LogP contribution in [-0.4, -0.2) is 20.0 Å². The SMILES string of the molecule is Cc1ccc(-c2ccc(C3COCOC3)s2)s1. The van der Waals surface area contributed by atoms with Crippen molar-refractivity contribution in [3.63, 3.8) is 0 Å². The molecule has 0 radical (unpaired) electrons. The van der Waals surface area contributed by atoms with Crippen molar-refractivity contribution in [2.24, 2.45) is 0 Å². The molecule has 0 N–H and O–H groups in total. The lowest BCUT2D eigenvalue weighted by atomic mass is 10.1. The van der Waals surface area contributed by atoms with Crippen LogP contribution in [-0.2, 0) is 9.47 Å². The second-order valence-electron chi connectivity index (χ2n) is 4.17. The van der Waals surface area contributed by atoms with E-state index >= 15 is 0 Å².